The van der Waals surface area contributed by atoms with Crippen LogP contribution in [0.3, 0.4) is 0 Å². The topological polar surface area (TPSA) is 52.7 Å². The van der Waals surface area contributed by atoms with Crippen molar-refractivity contribution in [2.45, 2.75) is 45.1 Å². The van der Waals surface area contributed by atoms with Gasteiger partial charge < -0.3 is 15.1 Å². The Balaban J connectivity index is 0.00000261. The number of piperidine rings is 2. The Hall–Kier alpha value is -1.59. The summed E-state index contributed by atoms with van der Waals surface area (Å²) >= 11 is 0. The second kappa shape index (κ2) is 10.7. The first-order chi connectivity index (χ1) is 12.7. The van der Waals surface area contributed by atoms with Crippen LogP contribution in [0.15, 0.2) is 30.3 Å². The van der Waals surface area contributed by atoms with Crippen molar-refractivity contribution in [2.24, 2.45) is 5.92 Å². The summed E-state index contributed by atoms with van der Waals surface area (Å²) in [7, 11) is 0. The average Bonchev–Trinajstić information content (AvgIpc) is 2.72. The van der Waals surface area contributed by atoms with Gasteiger partial charge in [-0.15, -0.1) is 12.4 Å². The first-order valence-corrected chi connectivity index (χ1v) is 10.1. The highest BCUT2D eigenvalue weighted by molar-refractivity contribution is 5.94. The van der Waals surface area contributed by atoms with Crippen LogP contribution in [0.4, 0.5) is 0 Å². The second-order valence-electron chi connectivity index (χ2n) is 7.47. The summed E-state index contributed by atoms with van der Waals surface area (Å²) in [4.78, 5) is 30.0. The molecule has 2 aliphatic heterocycles. The van der Waals surface area contributed by atoms with E-state index in [1.54, 1.807) is 0 Å². The zero-order valence-corrected chi connectivity index (χ0v) is 17.0. The molecule has 5 nitrogen and oxygen atoms in total. The molecule has 2 saturated heterocycles. The van der Waals surface area contributed by atoms with Crippen LogP contribution in [0.5, 0.6) is 0 Å². The van der Waals surface area contributed by atoms with Crippen molar-refractivity contribution in [1.82, 2.24) is 15.1 Å². The molecule has 1 aromatic carbocycles. The van der Waals surface area contributed by atoms with Gasteiger partial charge in [0.15, 0.2) is 0 Å². The molecule has 0 aromatic heterocycles. The summed E-state index contributed by atoms with van der Waals surface area (Å²) in [5.74, 6) is 0.245. The summed E-state index contributed by atoms with van der Waals surface area (Å²) in [6.45, 7) is 6.24. The highest BCUT2D eigenvalue weighted by Gasteiger charge is 2.34. The van der Waals surface area contributed by atoms with Gasteiger partial charge in [0, 0.05) is 31.2 Å². The summed E-state index contributed by atoms with van der Waals surface area (Å²) in [5.41, 5.74) is 0.712. The van der Waals surface area contributed by atoms with Crippen molar-refractivity contribution >= 4 is 24.2 Å². The SMILES string of the molecule is CCCN(C(=O)C1CCCN(C(=O)c2ccccc2)C1)C1CCNCC1.Cl. The van der Waals surface area contributed by atoms with Crippen LogP contribution in [0.25, 0.3) is 0 Å². The summed E-state index contributed by atoms with van der Waals surface area (Å²) in [6.07, 6.45) is 4.84. The van der Waals surface area contributed by atoms with Crippen molar-refractivity contribution in [2.75, 3.05) is 32.7 Å². The van der Waals surface area contributed by atoms with E-state index in [1.807, 2.05) is 35.2 Å². The van der Waals surface area contributed by atoms with Gasteiger partial charge in [0.1, 0.15) is 0 Å². The fourth-order valence-electron chi connectivity index (χ4n) is 4.19. The summed E-state index contributed by atoms with van der Waals surface area (Å²) < 4.78 is 0. The lowest BCUT2D eigenvalue weighted by molar-refractivity contribution is -0.140. The van der Waals surface area contributed by atoms with Crippen LogP contribution < -0.4 is 5.32 Å². The Morgan fingerprint density at radius 1 is 1.15 bits per heavy atom. The number of amides is 2. The number of nitrogens with one attached hydrogen (secondary N) is 1. The molecule has 3 rings (SSSR count). The second-order valence-corrected chi connectivity index (χ2v) is 7.47. The summed E-state index contributed by atoms with van der Waals surface area (Å²) in [5, 5.41) is 3.38. The number of rotatable bonds is 5. The molecule has 2 fully saturated rings. The van der Waals surface area contributed by atoms with Crippen LogP contribution in [-0.2, 0) is 4.79 Å². The Morgan fingerprint density at radius 3 is 2.52 bits per heavy atom. The molecule has 27 heavy (non-hydrogen) atoms. The molecule has 0 saturated carbocycles. The minimum absolute atomic E-state index is 0. The lowest BCUT2D eigenvalue weighted by atomic mass is 9.94. The highest BCUT2D eigenvalue weighted by atomic mass is 35.5. The van der Waals surface area contributed by atoms with E-state index in [-0.39, 0.29) is 30.1 Å². The Morgan fingerprint density at radius 2 is 1.85 bits per heavy atom. The smallest absolute Gasteiger partial charge is 0.253 e. The van der Waals surface area contributed by atoms with Crippen molar-refractivity contribution in [3.8, 4) is 0 Å². The van der Waals surface area contributed by atoms with Gasteiger partial charge in [0.25, 0.3) is 5.91 Å². The van der Waals surface area contributed by atoms with E-state index in [0.29, 0.717) is 18.2 Å². The molecule has 1 aromatic rings. The molecule has 150 valence electrons. The van der Waals surface area contributed by atoms with Gasteiger partial charge in [-0.2, -0.15) is 0 Å². The third-order valence-corrected chi connectivity index (χ3v) is 5.58. The summed E-state index contributed by atoms with van der Waals surface area (Å²) in [6, 6.07) is 9.75. The minimum Gasteiger partial charge on any atom is -0.339 e. The fraction of sp³-hybridized carbons (Fsp3) is 0.619. The number of likely N-dealkylation sites (tertiary alicyclic amines) is 1. The molecule has 1 atom stereocenters. The number of carbonyl (C=O) groups is 2. The lowest BCUT2D eigenvalue weighted by Crippen LogP contribution is -2.52. The highest BCUT2D eigenvalue weighted by Crippen LogP contribution is 2.23. The predicted molar refractivity (Wildman–Crippen MR) is 110 cm³/mol. The van der Waals surface area contributed by atoms with E-state index in [9.17, 15) is 9.59 Å². The van der Waals surface area contributed by atoms with E-state index >= 15 is 0 Å². The minimum atomic E-state index is -0.0575. The van der Waals surface area contributed by atoms with Gasteiger partial charge in [-0.25, -0.2) is 0 Å². The van der Waals surface area contributed by atoms with E-state index in [1.165, 1.54) is 0 Å². The quantitative estimate of drug-likeness (QED) is 0.836. The molecule has 0 spiro atoms. The molecule has 6 heteroatoms. The zero-order chi connectivity index (χ0) is 18.4. The van der Waals surface area contributed by atoms with Crippen LogP contribution in [0.2, 0.25) is 0 Å². The fourth-order valence-corrected chi connectivity index (χ4v) is 4.19. The van der Waals surface area contributed by atoms with Crippen LogP contribution in [-0.4, -0.2) is 60.4 Å². The number of hydrogen-bond acceptors (Lipinski definition) is 3. The van der Waals surface area contributed by atoms with Gasteiger partial charge in [-0.1, -0.05) is 25.1 Å². The maximum absolute atomic E-state index is 13.3. The Labute approximate surface area is 168 Å². The first kappa shape index (κ1) is 21.7. The van der Waals surface area contributed by atoms with Crippen molar-refractivity contribution < 1.29 is 9.59 Å². The number of benzene rings is 1. The lowest BCUT2D eigenvalue weighted by Gasteiger charge is -2.39. The van der Waals surface area contributed by atoms with Crippen LogP contribution in [0.1, 0.15) is 49.4 Å². The van der Waals surface area contributed by atoms with Crippen molar-refractivity contribution in [1.29, 1.82) is 0 Å². The predicted octanol–water partition coefficient (Wildman–Crippen LogP) is 2.95. The van der Waals surface area contributed by atoms with E-state index in [4.69, 9.17) is 0 Å². The molecule has 0 radical (unpaired) electrons. The molecule has 0 aliphatic carbocycles. The Kier molecular flexibility index (Phi) is 8.58. The normalized spacial score (nSPS) is 20.6. The number of halogens is 1. The van der Waals surface area contributed by atoms with Crippen LogP contribution >= 0.6 is 12.4 Å². The van der Waals surface area contributed by atoms with Crippen LogP contribution in [0, 0.1) is 5.92 Å². The van der Waals surface area contributed by atoms with Crippen molar-refractivity contribution in [3.63, 3.8) is 0 Å². The third-order valence-electron chi connectivity index (χ3n) is 5.58. The molecule has 2 aliphatic rings. The van der Waals surface area contributed by atoms with E-state index < -0.39 is 0 Å². The molecule has 1 N–H and O–H groups in total. The monoisotopic (exact) mass is 393 g/mol. The average molecular weight is 394 g/mol. The molecule has 0 bridgehead atoms. The van der Waals surface area contributed by atoms with Gasteiger partial charge in [0.2, 0.25) is 5.91 Å². The number of nitrogens with zero attached hydrogens (tertiary/aromatic N) is 2. The van der Waals surface area contributed by atoms with Gasteiger partial charge >= 0.3 is 0 Å². The van der Waals surface area contributed by atoms with Gasteiger partial charge in [-0.3, -0.25) is 9.59 Å². The van der Waals surface area contributed by atoms with E-state index in [2.05, 4.69) is 17.1 Å². The third kappa shape index (κ3) is 5.45. The van der Waals surface area contributed by atoms with E-state index in [0.717, 1.165) is 58.3 Å². The standard InChI is InChI=1S/C21H31N3O2.ClH/c1-2-14-24(19-10-12-22-13-11-19)21(26)18-9-6-15-23(16-18)20(25)17-7-4-3-5-8-17;/h3-5,7-8,18-19,22H,2,6,9-16H2,1H3;1H. The maximum Gasteiger partial charge on any atom is 0.253 e. The molecule has 1 unspecified atom stereocenters. The zero-order valence-electron chi connectivity index (χ0n) is 16.2. The number of hydrogen-bond donors (Lipinski definition) is 1. The number of carbonyl (C=O) groups excluding carboxylic acids is 2. The molecular formula is C21H32ClN3O2. The maximum atomic E-state index is 13.3. The van der Waals surface area contributed by atoms with Crippen molar-refractivity contribution in [3.05, 3.63) is 35.9 Å². The Bertz CT molecular complexity index is 605. The first-order valence-electron chi connectivity index (χ1n) is 10.1. The molecule has 2 heterocycles. The van der Waals surface area contributed by atoms with Gasteiger partial charge in [0.05, 0.1) is 5.92 Å². The molecule has 2 amide bonds. The van der Waals surface area contributed by atoms with Gasteiger partial charge in [-0.05, 0) is 57.3 Å². The largest absolute Gasteiger partial charge is 0.339 e. The molecular weight excluding hydrogens is 362 g/mol.